The van der Waals surface area contributed by atoms with Gasteiger partial charge in [0.2, 0.25) is 0 Å². The van der Waals surface area contributed by atoms with Gasteiger partial charge in [-0.25, -0.2) is 9.59 Å². The van der Waals surface area contributed by atoms with Gasteiger partial charge in [0, 0.05) is 0 Å². The third-order valence-corrected chi connectivity index (χ3v) is 0.183. The standard InChI is InChI=1S/C2H2O4.FH.K.Na.2H/c3-1(4)2(5)6;;;;;/h(H,3,4)(H,5,6);1H;;;;/q;;2*+1;2*-1. The van der Waals surface area contributed by atoms with Crippen molar-refractivity contribution >= 4 is 11.9 Å². The van der Waals surface area contributed by atoms with Gasteiger partial charge in [0.15, 0.2) is 0 Å². The maximum atomic E-state index is 9.10. The van der Waals surface area contributed by atoms with Gasteiger partial charge in [-0.05, 0) is 0 Å². The van der Waals surface area contributed by atoms with E-state index in [1.54, 1.807) is 0 Å². The zero-order chi connectivity index (χ0) is 5.15. The van der Waals surface area contributed by atoms with E-state index < -0.39 is 11.9 Å². The fraction of sp³-hybridized carbons (Fsp3) is 0. The summed E-state index contributed by atoms with van der Waals surface area (Å²) in [5, 5.41) is 14.8. The number of aliphatic carboxylic acids is 2. The van der Waals surface area contributed by atoms with E-state index in [9.17, 15) is 0 Å². The van der Waals surface area contributed by atoms with Crippen LogP contribution in [0.2, 0.25) is 0 Å². The van der Waals surface area contributed by atoms with Crippen molar-refractivity contribution in [3.63, 3.8) is 0 Å². The summed E-state index contributed by atoms with van der Waals surface area (Å²) in [5.74, 6) is -3.65. The molecule has 0 unspecified atom stereocenters. The normalized spacial score (nSPS) is 4.89. The zero-order valence-electron chi connectivity index (χ0n) is 7.12. The van der Waals surface area contributed by atoms with Crippen LogP contribution in [0.15, 0.2) is 0 Å². The zero-order valence-corrected chi connectivity index (χ0v) is 10.2. The number of hydrogen-bond acceptors (Lipinski definition) is 2. The molecule has 46 valence electrons. The Kier molecular flexibility index (Phi) is 30.4. The minimum absolute atomic E-state index is 0. The van der Waals surface area contributed by atoms with Crippen LogP contribution >= 0.6 is 0 Å². The molecule has 0 aromatic rings. The quantitative estimate of drug-likeness (QED) is 0.283. The molecule has 0 aliphatic carbocycles. The molecule has 0 fully saturated rings. The smallest absolute Gasteiger partial charge is 1.00 e. The molecule has 2 N–H and O–H groups in total. The minimum atomic E-state index is -1.82. The molecule has 0 amide bonds. The molecule has 0 aliphatic rings. The van der Waals surface area contributed by atoms with E-state index in [1.807, 2.05) is 0 Å². The van der Waals surface area contributed by atoms with Crippen LogP contribution in [-0.4, -0.2) is 22.2 Å². The third kappa shape index (κ3) is 17.7. The molecule has 0 atom stereocenters. The van der Waals surface area contributed by atoms with Crippen LogP contribution in [0.25, 0.3) is 0 Å². The summed E-state index contributed by atoms with van der Waals surface area (Å²) in [6.07, 6.45) is 0. The summed E-state index contributed by atoms with van der Waals surface area (Å²) in [6.45, 7) is 0. The topological polar surface area (TPSA) is 74.6 Å². The number of rotatable bonds is 0. The Hall–Kier alpha value is 1.51. The first-order chi connectivity index (χ1) is 2.64. The summed E-state index contributed by atoms with van der Waals surface area (Å²) in [6, 6.07) is 0. The van der Waals surface area contributed by atoms with Crippen molar-refractivity contribution in [2.75, 3.05) is 0 Å². The van der Waals surface area contributed by atoms with Gasteiger partial charge in [-0.3, -0.25) is 4.70 Å². The van der Waals surface area contributed by atoms with Gasteiger partial charge < -0.3 is 13.1 Å². The Morgan fingerprint density at radius 1 is 1.11 bits per heavy atom. The molecule has 7 heteroatoms. The molecule has 4 nitrogen and oxygen atoms in total. The van der Waals surface area contributed by atoms with Crippen LogP contribution in [-0.2, 0) is 9.59 Å². The van der Waals surface area contributed by atoms with Gasteiger partial charge in [0.1, 0.15) is 0 Å². The molecular weight excluding hydrogens is 169 g/mol. The van der Waals surface area contributed by atoms with Crippen molar-refractivity contribution in [3.8, 4) is 0 Å². The van der Waals surface area contributed by atoms with Crippen molar-refractivity contribution in [3.05, 3.63) is 0 Å². The first kappa shape index (κ1) is 22.4. The monoisotopic (exact) mass is 174 g/mol. The van der Waals surface area contributed by atoms with Gasteiger partial charge in [-0.2, -0.15) is 0 Å². The number of hydrogen-bond donors (Lipinski definition) is 2. The van der Waals surface area contributed by atoms with Crippen LogP contribution in [0.1, 0.15) is 2.85 Å². The average Bonchev–Trinajstić information content (AvgIpc) is 1.36. The van der Waals surface area contributed by atoms with Gasteiger partial charge in [-0.15, -0.1) is 0 Å². The largest absolute Gasteiger partial charge is 1.00 e. The van der Waals surface area contributed by atoms with Crippen LogP contribution in [0.3, 0.4) is 0 Å². The molecule has 0 aromatic heterocycles. The molecule has 0 spiro atoms. The molecule has 0 saturated heterocycles. The van der Waals surface area contributed by atoms with Crippen molar-refractivity contribution < 1.29 is 108 Å². The number of carboxylic acids is 2. The second-order valence-electron chi connectivity index (χ2n) is 0.610. The minimum Gasteiger partial charge on any atom is -1.00 e. The van der Waals surface area contributed by atoms with Crippen molar-refractivity contribution in [2.45, 2.75) is 0 Å². The number of halogens is 1. The fourth-order valence-corrected chi connectivity index (χ4v) is 0. The van der Waals surface area contributed by atoms with Gasteiger partial charge in [0.25, 0.3) is 0 Å². The fourth-order valence-electron chi connectivity index (χ4n) is 0. The van der Waals surface area contributed by atoms with E-state index in [0.29, 0.717) is 0 Å². The Balaban J connectivity index is -0.0000000125. The van der Waals surface area contributed by atoms with E-state index in [2.05, 4.69) is 0 Å². The van der Waals surface area contributed by atoms with Crippen LogP contribution in [0, 0.1) is 0 Å². The molecule has 0 saturated carbocycles. The van der Waals surface area contributed by atoms with Gasteiger partial charge in [0.05, 0.1) is 0 Å². The number of carbonyl (C=O) groups is 2. The van der Waals surface area contributed by atoms with E-state index in [1.165, 1.54) is 0 Å². The predicted octanol–water partition coefficient (Wildman–Crippen LogP) is -6.46. The summed E-state index contributed by atoms with van der Waals surface area (Å²) >= 11 is 0. The van der Waals surface area contributed by atoms with Crippen molar-refractivity contribution in [2.24, 2.45) is 0 Å². The Bertz CT molecular complexity index is 92.1. The summed E-state index contributed by atoms with van der Waals surface area (Å²) in [5.41, 5.74) is 0. The van der Waals surface area contributed by atoms with E-state index >= 15 is 0 Å². The number of carboxylic acid groups (broad SMARTS) is 2. The van der Waals surface area contributed by atoms with Crippen LogP contribution < -0.4 is 80.9 Å². The molecule has 0 radical (unpaired) electrons. The molecule has 0 heterocycles. The molecule has 0 bridgehead atoms. The van der Waals surface area contributed by atoms with Gasteiger partial charge >= 0.3 is 92.9 Å². The Morgan fingerprint density at radius 3 is 1.22 bits per heavy atom. The van der Waals surface area contributed by atoms with Crippen LogP contribution in [0.5, 0.6) is 0 Å². The van der Waals surface area contributed by atoms with Gasteiger partial charge in [-0.1, -0.05) is 0 Å². The maximum absolute atomic E-state index is 9.10. The van der Waals surface area contributed by atoms with Crippen LogP contribution in [0.4, 0.5) is 4.70 Å². The summed E-state index contributed by atoms with van der Waals surface area (Å²) < 4.78 is 0. The van der Waals surface area contributed by atoms with Crippen molar-refractivity contribution in [1.82, 2.24) is 0 Å². The second-order valence-corrected chi connectivity index (χ2v) is 0.610. The van der Waals surface area contributed by atoms with Crippen molar-refractivity contribution in [1.29, 1.82) is 0 Å². The third-order valence-electron chi connectivity index (χ3n) is 0.183. The predicted molar refractivity (Wildman–Crippen MR) is 20.0 cm³/mol. The first-order valence-electron chi connectivity index (χ1n) is 1.11. The molecule has 0 aromatic carbocycles. The summed E-state index contributed by atoms with van der Waals surface area (Å²) in [4.78, 5) is 18.2. The second kappa shape index (κ2) is 12.2. The molecule has 9 heavy (non-hydrogen) atoms. The first-order valence-corrected chi connectivity index (χ1v) is 1.11. The Morgan fingerprint density at radius 2 is 1.22 bits per heavy atom. The van der Waals surface area contributed by atoms with E-state index in [-0.39, 0.29) is 88.5 Å². The summed E-state index contributed by atoms with van der Waals surface area (Å²) in [7, 11) is 0. The van der Waals surface area contributed by atoms with E-state index in [4.69, 9.17) is 19.8 Å². The molecular formula is C2H5FKNaO4. The van der Waals surface area contributed by atoms with E-state index in [0.717, 1.165) is 0 Å². The molecule has 0 aliphatic heterocycles. The Labute approximate surface area is 118 Å². The SMILES string of the molecule is F.O=C(O)C(=O)O.[H-].[H-].[K+].[Na+]. The molecule has 0 rings (SSSR count). The average molecular weight is 174 g/mol. The maximum Gasteiger partial charge on any atom is 1.00 e.